The van der Waals surface area contributed by atoms with E-state index in [2.05, 4.69) is 9.58 Å². The second-order valence-electron chi connectivity index (χ2n) is 9.54. The molecule has 4 aromatic rings. The van der Waals surface area contributed by atoms with Gasteiger partial charge in [0.05, 0.1) is 18.2 Å². The Morgan fingerprint density at radius 3 is 1.80 bits per heavy atom. The smallest absolute Gasteiger partial charge is 0.405 e. The Bertz CT molecular complexity index is 1780. The zero-order chi connectivity index (χ0) is 29.7. The molecule has 0 atom stereocenters. The molecule has 0 heterocycles. The Balaban J connectivity index is 1.81. The van der Waals surface area contributed by atoms with Gasteiger partial charge in [-0.15, -0.1) is 13.2 Å². The molecule has 4 aromatic carbocycles. The van der Waals surface area contributed by atoms with Crippen molar-refractivity contribution in [1.82, 2.24) is 0 Å². The third-order valence-corrected chi connectivity index (χ3v) is 6.88. The Morgan fingerprint density at radius 2 is 1.27 bits per heavy atom. The van der Waals surface area contributed by atoms with Crippen LogP contribution < -0.4 is 4.74 Å². The van der Waals surface area contributed by atoms with Crippen molar-refractivity contribution < 1.29 is 31.1 Å². The molecule has 3 nitrogen and oxygen atoms in total. The van der Waals surface area contributed by atoms with Crippen LogP contribution in [0.25, 0.3) is 43.8 Å². The van der Waals surface area contributed by atoms with Gasteiger partial charge in [-0.1, -0.05) is 48.0 Å². The van der Waals surface area contributed by atoms with Gasteiger partial charge in [-0.05, 0) is 88.7 Å². The number of aryl methyl sites for hydroxylation is 2. The summed E-state index contributed by atoms with van der Waals surface area (Å²) in [6, 6.07) is 19.4. The summed E-state index contributed by atoms with van der Waals surface area (Å²) in [7, 11) is 0. The van der Waals surface area contributed by atoms with Crippen LogP contribution in [0.15, 0.2) is 78.5 Å². The number of hydrogen-bond donors (Lipinski definition) is 0. The number of benzene rings is 4. The van der Waals surface area contributed by atoms with Gasteiger partial charge >= 0.3 is 12.5 Å². The molecule has 0 aliphatic heterocycles. The molecule has 0 spiro atoms. The molecule has 5 rings (SSSR count). The number of halogens is 6. The van der Waals surface area contributed by atoms with Crippen molar-refractivity contribution in [3.05, 3.63) is 118 Å². The van der Waals surface area contributed by atoms with E-state index in [-0.39, 0.29) is 28.0 Å². The van der Waals surface area contributed by atoms with Crippen molar-refractivity contribution in [1.29, 1.82) is 5.26 Å². The predicted molar refractivity (Wildman–Crippen MR) is 142 cm³/mol. The molecule has 1 aliphatic rings. The zero-order valence-corrected chi connectivity index (χ0v) is 21.5. The lowest BCUT2D eigenvalue weighted by atomic mass is 9.92. The van der Waals surface area contributed by atoms with Crippen LogP contribution in [0.5, 0.6) is 5.75 Å². The van der Waals surface area contributed by atoms with E-state index in [1.807, 2.05) is 50.2 Å². The number of alkyl halides is 6. The molecule has 204 valence electrons. The third-order valence-electron chi connectivity index (χ3n) is 6.88. The second-order valence-corrected chi connectivity index (χ2v) is 9.54. The minimum Gasteiger partial charge on any atom is -0.405 e. The van der Waals surface area contributed by atoms with Crippen LogP contribution in [0.3, 0.4) is 0 Å². The number of ether oxygens (including phenoxy) is 1. The Hall–Kier alpha value is -5.02. The lowest BCUT2D eigenvalue weighted by molar-refractivity contribution is -0.274. The first-order chi connectivity index (χ1) is 19.3. The monoisotopic (exact) mass is 560 g/mol. The SMILES string of the molecule is [C-]#[N+]/C(C#N)=C1\c2cc(C)c(-c3ccc(C)cc3)cc2-c2cc(-c3ccc(C(F)(F)F)cc3)c(OC(F)(F)F)cc21. The molecular weight excluding hydrogens is 542 g/mol. The first-order valence-corrected chi connectivity index (χ1v) is 12.2. The molecule has 0 saturated carbocycles. The zero-order valence-electron chi connectivity index (χ0n) is 21.5. The van der Waals surface area contributed by atoms with Gasteiger partial charge in [-0.2, -0.15) is 13.2 Å². The number of nitrogens with zero attached hydrogens (tertiary/aromatic N) is 2. The minimum atomic E-state index is -5.11. The van der Waals surface area contributed by atoms with Crippen LogP contribution >= 0.6 is 0 Å². The van der Waals surface area contributed by atoms with E-state index in [1.54, 1.807) is 6.07 Å². The molecule has 0 radical (unpaired) electrons. The fraction of sp³-hybridized carbons (Fsp3) is 0.125. The lowest BCUT2D eigenvalue weighted by Gasteiger charge is -2.17. The number of hydrogen-bond acceptors (Lipinski definition) is 2. The van der Waals surface area contributed by atoms with Crippen molar-refractivity contribution in [3.63, 3.8) is 0 Å². The van der Waals surface area contributed by atoms with E-state index >= 15 is 0 Å². The highest BCUT2D eigenvalue weighted by atomic mass is 19.4. The van der Waals surface area contributed by atoms with Crippen molar-refractivity contribution in [2.45, 2.75) is 26.4 Å². The summed E-state index contributed by atoms with van der Waals surface area (Å²) >= 11 is 0. The first kappa shape index (κ1) is 27.5. The van der Waals surface area contributed by atoms with Crippen LogP contribution in [-0.2, 0) is 6.18 Å². The molecule has 0 aromatic heterocycles. The number of allylic oxidation sites excluding steroid dienone is 1. The van der Waals surface area contributed by atoms with Gasteiger partial charge in [-0.3, -0.25) is 0 Å². The maximum Gasteiger partial charge on any atom is 0.573 e. The summed E-state index contributed by atoms with van der Waals surface area (Å²) in [5.74, 6) is -0.668. The van der Waals surface area contributed by atoms with Gasteiger partial charge in [0.25, 0.3) is 5.70 Å². The third kappa shape index (κ3) is 5.15. The summed E-state index contributed by atoms with van der Waals surface area (Å²) in [4.78, 5) is 3.32. The molecule has 0 unspecified atom stereocenters. The average molecular weight is 560 g/mol. The summed E-state index contributed by atoms with van der Waals surface area (Å²) in [6.07, 6.45) is -9.74. The van der Waals surface area contributed by atoms with E-state index in [4.69, 9.17) is 6.57 Å². The van der Waals surface area contributed by atoms with Gasteiger partial charge in [0, 0.05) is 11.1 Å². The summed E-state index contributed by atoms with van der Waals surface area (Å²) < 4.78 is 84.3. The normalized spacial score (nSPS) is 13.6. The number of fused-ring (bicyclic) bond motifs is 3. The molecule has 41 heavy (non-hydrogen) atoms. The molecule has 0 bridgehead atoms. The van der Waals surface area contributed by atoms with Crippen LogP contribution in [0.4, 0.5) is 26.3 Å². The molecule has 0 saturated heterocycles. The largest absolute Gasteiger partial charge is 0.573 e. The highest BCUT2D eigenvalue weighted by Gasteiger charge is 2.36. The maximum absolute atomic E-state index is 13.5. The van der Waals surface area contributed by atoms with E-state index in [1.165, 1.54) is 6.07 Å². The Kier molecular flexibility index (Phi) is 6.63. The molecular formula is C32H18F6N2O. The van der Waals surface area contributed by atoms with Crippen LogP contribution in [0.1, 0.15) is 27.8 Å². The van der Waals surface area contributed by atoms with Crippen molar-refractivity contribution >= 4 is 5.57 Å². The molecule has 0 amide bonds. The van der Waals surface area contributed by atoms with E-state index in [9.17, 15) is 31.6 Å². The highest BCUT2D eigenvalue weighted by Crippen LogP contribution is 2.52. The Labute approximate surface area is 231 Å². The molecule has 9 heteroatoms. The lowest BCUT2D eigenvalue weighted by Crippen LogP contribution is -2.17. The predicted octanol–water partition coefficient (Wildman–Crippen LogP) is 9.74. The number of rotatable bonds is 3. The average Bonchev–Trinajstić information content (AvgIpc) is 3.20. The van der Waals surface area contributed by atoms with E-state index < -0.39 is 23.9 Å². The number of nitriles is 1. The first-order valence-electron chi connectivity index (χ1n) is 12.2. The van der Waals surface area contributed by atoms with Gasteiger partial charge in [-0.25, -0.2) is 10.1 Å². The summed E-state index contributed by atoms with van der Waals surface area (Å²) in [6.45, 7) is 11.3. The van der Waals surface area contributed by atoms with Gasteiger partial charge in [0.15, 0.2) is 0 Å². The van der Waals surface area contributed by atoms with Gasteiger partial charge in [0.1, 0.15) is 5.75 Å². The van der Waals surface area contributed by atoms with Crippen molar-refractivity contribution in [3.8, 4) is 45.2 Å². The van der Waals surface area contributed by atoms with E-state index in [0.717, 1.165) is 52.6 Å². The molecule has 0 fully saturated rings. The second kappa shape index (κ2) is 9.87. The van der Waals surface area contributed by atoms with Crippen LogP contribution in [0, 0.1) is 31.8 Å². The highest BCUT2D eigenvalue weighted by molar-refractivity contribution is 6.06. The topological polar surface area (TPSA) is 37.4 Å². The van der Waals surface area contributed by atoms with Crippen molar-refractivity contribution in [2.75, 3.05) is 0 Å². The van der Waals surface area contributed by atoms with E-state index in [0.29, 0.717) is 16.7 Å². The maximum atomic E-state index is 13.5. The van der Waals surface area contributed by atoms with Crippen molar-refractivity contribution in [2.24, 2.45) is 0 Å². The quantitative estimate of drug-likeness (QED) is 0.125. The van der Waals surface area contributed by atoms with Gasteiger partial charge in [0.2, 0.25) is 0 Å². The Morgan fingerprint density at radius 1 is 0.732 bits per heavy atom. The summed E-state index contributed by atoms with van der Waals surface area (Å²) in [5, 5.41) is 9.72. The molecule has 0 N–H and O–H groups in total. The van der Waals surface area contributed by atoms with Gasteiger partial charge < -0.3 is 4.74 Å². The van der Waals surface area contributed by atoms with Crippen LogP contribution in [0.2, 0.25) is 0 Å². The summed E-state index contributed by atoms with van der Waals surface area (Å²) in [5.41, 5.74) is 4.12. The molecule has 1 aliphatic carbocycles. The fourth-order valence-corrected chi connectivity index (χ4v) is 5.00. The standard InChI is InChI=1S/C32H18F6N2O/c1-17-4-6-19(7-5-17)22-13-24-25-14-23(20-8-10-21(11-9-20)31(33,34)35)29(41-32(36,37)38)15-27(25)30(28(16-39)40-3)26(24)12-18(22)2/h4-15H,1-2H3/b30-28+. The van der Waals surface area contributed by atoms with Crippen LogP contribution in [-0.4, -0.2) is 6.36 Å². The minimum absolute atomic E-state index is 0.0654. The fourth-order valence-electron chi connectivity index (χ4n) is 5.00.